The molecule has 0 N–H and O–H groups in total. The summed E-state index contributed by atoms with van der Waals surface area (Å²) >= 11 is 1.59. The maximum atomic E-state index is 11.9. The van der Waals surface area contributed by atoms with Crippen molar-refractivity contribution in [1.82, 2.24) is 0 Å². The van der Waals surface area contributed by atoms with Gasteiger partial charge < -0.3 is 4.74 Å². The molecule has 1 aliphatic rings. The molecule has 0 aromatic carbocycles. The minimum absolute atomic E-state index is 0.0226. The molecule has 0 spiro atoms. The highest BCUT2D eigenvalue weighted by atomic mass is 32.2. The van der Waals surface area contributed by atoms with Gasteiger partial charge in [0.05, 0.1) is 0 Å². The number of cyclic esters (lactones) is 1. The number of allylic oxidation sites excluding steroid dienone is 3. The van der Waals surface area contributed by atoms with Crippen LogP contribution in [0.25, 0.3) is 0 Å². The van der Waals surface area contributed by atoms with E-state index >= 15 is 0 Å². The van der Waals surface area contributed by atoms with Gasteiger partial charge in [0.1, 0.15) is 4.75 Å². The molecule has 0 amide bonds. The average molecular weight is 254 g/mol. The van der Waals surface area contributed by atoms with Crippen molar-refractivity contribution in [2.45, 2.75) is 51.2 Å². The van der Waals surface area contributed by atoms with E-state index in [0.29, 0.717) is 0 Å². The Morgan fingerprint density at radius 2 is 2.06 bits per heavy atom. The minimum atomic E-state index is -0.546. The van der Waals surface area contributed by atoms with Gasteiger partial charge in [-0.25, -0.2) is 0 Å². The number of ether oxygens (including phenoxy) is 1. The Morgan fingerprint density at radius 3 is 2.53 bits per heavy atom. The van der Waals surface area contributed by atoms with Crippen molar-refractivity contribution in [3.63, 3.8) is 0 Å². The molecule has 2 atom stereocenters. The first-order chi connectivity index (χ1) is 7.79. The van der Waals surface area contributed by atoms with Crippen LogP contribution in [0.1, 0.15) is 41.0 Å². The molecular weight excluding hydrogens is 232 g/mol. The second-order valence-corrected chi connectivity index (χ2v) is 7.04. The molecule has 1 fully saturated rings. The predicted octanol–water partition coefficient (Wildman–Crippen LogP) is 3.93. The summed E-state index contributed by atoms with van der Waals surface area (Å²) in [7, 11) is 0. The van der Waals surface area contributed by atoms with Crippen molar-refractivity contribution in [2.24, 2.45) is 5.41 Å². The summed E-state index contributed by atoms with van der Waals surface area (Å²) in [5.74, 6) is -0.136. The second-order valence-electron chi connectivity index (χ2n) is 5.52. The lowest BCUT2D eigenvalue weighted by Gasteiger charge is -2.24. The third-order valence-electron chi connectivity index (χ3n) is 2.58. The van der Waals surface area contributed by atoms with E-state index in [2.05, 4.69) is 33.8 Å². The lowest BCUT2D eigenvalue weighted by molar-refractivity contribution is -0.146. The summed E-state index contributed by atoms with van der Waals surface area (Å²) in [6.45, 7) is 10.3. The van der Waals surface area contributed by atoms with Crippen LogP contribution in [0, 0.1) is 5.41 Å². The highest BCUT2D eigenvalue weighted by molar-refractivity contribution is 8.02. The number of carbonyl (C=O) groups is 1. The van der Waals surface area contributed by atoms with Crippen molar-refractivity contribution in [1.29, 1.82) is 0 Å². The Kier molecular flexibility index (Phi) is 4.48. The topological polar surface area (TPSA) is 26.3 Å². The molecule has 0 aliphatic carbocycles. The molecule has 1 aliphatic heterocycles. The Hall–Kier alpha value is -0.700. The van der Waals surface area contributed by atoms with Crippen LogP contribution in [0.4, 0.5) is 0 Å². The minimum Gasteiger partial charge on any atom is -0.449 e. The van der Waals surface area contributed by atoms with Gasteiger partial charge in [-0.15, -0.1) is 0 Å². The number of rotatable bonds is 3. The van der Waals surface area contributed by atoms with Crippen LogP contribution < -0.4 is 0 Å². The van der Waals surface area contributed by atoms with Crippen molar-refractivity contribution in [2.75, 3.05) is 0 Å². The van der Waals surface area contributed by atoms with Gasteiger partial charge in [0, 0.05) is 5.41 Å². The molecule has 3 heteroatoms. The van der Waals surface area contributed by atoms with E-state index < -0.39 is 4.75 Å². The molecule has 2 nitrogen and oxygen atoms in total. The summed E-state index contributed by atoms with van der Waals surface area (Å²) < 4.78 is 4.90. The number of hydrogen-bond donors (Lipinski definition) is 0. The predicted molar refractivity (Wildman–Crippen MR) is 73.9 cm³/mol. The molecular formula is C14H22O2S. The van der Waals surface area contributed by atoms with E-state index in [1.165, 1.54) is 0 Å². The molecule has 0 bridgehead atoms. The first-order valence-electron chi connectivity index (χ1n) is 6.03. The molecule has 1 heterocycles. The lowest BCUT2D eigenvalue weighted by Crippen LogP contribution is -2.24. The first-order valence-corrected chi connectivity index (χ1v) is 6.91. The molecule has 17 heavy (non-hydrogen) atoms. The van der Waals surface area contributed by atoms with Gasteiger partial charge >= 0.3 is 5.97 Å². The van der Waals surface area contributed by atoms with Crippen LogP contribution in [0.5, 0.6) is 0 Å². The summed E-state index contributed by atoms with van der Waals surface area (Å²) in [4.78, 5) is 11.9. The van der Waals surface area contributed by atoms with E-state index in [9.17, 15) is 4.79 Å². The van der Waals surface area contributed by atoms with E-state index in [1.54, 1.807) is 11.8 Å². The Morgan fingerprint density at radius 1 is 1.41 bits per heavy atom. The largest absolute Gasteiger partial charge is 0.449 e. The third-order valence-corrected chi connectivity index (χ3v) is 4.39. The summed E-state index contributed by atoms with van der Waals surface area (Å²) in [6.07, 6.45) is 8.90. The summed E-state index contributed by atoms with van der Waals surface area (Å²) in [6, 6.07) is 0. The SMILES string of the molecule is CCC=CC=C[C@@]1(C)S[C@H](C(C)(C)C)OC1=O. The van der Waals surface area contributed by atoms with Crippen LogP contribution in [-0.4, -0.2) is 16.2 Å². The van der Waals surface area contributed by atoms with Gasteiger partial charge in [-0.05, 0) is 13.3 Å². The molecule has 0 aromatic heterocycles. The highest BCUT2D eigenvalue weighted by Gasteiger charge is 2.48. The smallest absolute Gasteiger partial charge is 0.327 e. The van der Waals surface area contributed by atoms with Crippen LogP contribution in [0.15, 0.2) is 24.3 Å². The fourth-order valence-electron chi connectivity index (χ4n) is 1.42. The first kappa shape index (κ1) is 14.4. The van der Waals surface area contributed by atoms with Crippen LogP contribution in [-0.2, 0) is 9.53 Å². The standard InChI is InChI=1S/C14H22O2S/c1-6-7-8-9-10-14(5)11(15)16-12(17-14)13(2,3)4/h7-10,12H,6H2,1-5H3/t12-,14-/m1/s1. The molecule has 0 radical (unpaired) electrons. The van der Waals surface area contributed by atoms with Gasteiger partial charge in [-0.1, -0.05) is 63.8 Å². The van der Waals surface area contributed by atoms with Crippen molar-refractivity contribution in [3.8, 4) is 0 Å². The van der Waals surface area contributed by atoms with Crippen LogP contribution >= 0.6 is 11.8 Å². The van der Waals surface area contributed by atoms with Crippen molar-refractivity contribution in [3.05, 3.63) is 24.3 Å². The Labute approximate surface area is 108 Å². The molecule has 0 unspecified atom stereocenters. The van der Waals surface area contributed by atoms with Crippen LogP contribution in [0.2, 0.25) is 0 Å². The lowest BCUT2D eigenvalue weighted by atomic mass is 9.98. The number of hydrogen-bond acceptors (Lipinski definition) is 3. The molecule has 1 rings (SSSR count). The molecule has 96 valence electrons. The zero-order valence-electron chi connectivity index (χ0n) is 11.3. The fourth-order valence-corrected chi connectivity index (χ4v) is 2.66. The van der Waals surface area contributed by atoms with E-state index in [0.717, 1.165) is 6.42 Å². The molecule has 1 saturated heterocycles. The third kappa shape index (κ3) is 3.63. The van der Waals surface area contributed by atoms with Gasteiger partial charge in [-0.3, -0.25) is 4.79 Å². The van der Waals surface area contributed by atoms with Gasteiger partial charge in [-0.2, -0.15) is 0 Å². The summed E-state index contributed by atoms with van der Waals surface area (Å²) in [5.41, 5.74) is -0.0923. The fraction of sp³-hybridized carbons (Fsp3) is 0.643. The molecule has 0 saturated carbocycles. The van der Waals surface area contributed by atoms with Gasteiger partial charge in [0.25, 0.3) is 0 Å². The van der Waals surface area contributed by atoms with Crippen molar-refractivity contribution >= 4 is 17.7 Å². The normalized spacial score (nSPS) is 30.4. The highest BCUT2D eigenvalue weighted by Crippen LogP contribution is 2.46. The number of esters is 1. The number of carbonyl (C=O) groups excluding carboxylic acids is 1. The average Bonchev–Trinajstić information content (AvgIpc) is 2.51. The van der Waals surface area contributed by atoms with E-state index in [4.69, 9.17) is 4.74 Å². The summed E-state index contributed by atoms with van der Waals surface area (Å²) in [5, 5.41) is 0. The quantitative estimate of drug-likeness (QED) is 0.564. The monoisotopic (exact) mass is 254 g/mol. The van der Waals surface area contributed by atoms with E-state index in [1.807, 2.05) is 25.2 Å². The van der Waals surface area contributed by atoms with Gasteiger partial charge in [0.15, 0.2) is 5.44 Å². The zero-order chi connectivity index (χ0) is 13.1. The Balaban J connectivity index is 2.75. The van der Waals surface area contributed by atoms with Crippen molar-refractivity contribution < 1.29 is 9.53 Å². The Bertz CT molecular complexity index is 339. The maximum absolute atomic E-state index is 11.9. The van der Waals surface area contributed by atoms with Crippen LogP contribution in [0.3, 0.4) is 0 Å². The molecule has 0 aromatic rings. The second kappa shape index (κ2) is 5.30. The van der Waals surface area contributed by atoms with E-state index in [-0.39, 0.29) is 16.8 Å². The van der Waals surface area contributed by atoms with Gasteiger partial charge in [0.2, 0.25) is 0 Å². The maximum Gasteiger partial charge on any atom is 0.327 e. The zero-order valence-corrected chi connectivity index (χ0v) is 12.1. The number of thioether (sulfide) groups is 1.